The van der Waals surface area contributed by atoms with E-state index in [0.717, 1.165) is 0 Å². The maximum absolute atomic E-state index is 11.9. The van der Waals surface area contributed by atoms with Gasteiger partial charge in [-0.2, -0.15) is 0 Å². The Morgan fingerprint density at radius 1 is 1.00 bits per heavy atom. The molecule has 0 aromatic rings. The molecule has 1 fully saturated rings. The van der Waals surface area contributed by atoms with E-state index in [1.807, 2.05) is 13.0 Å². The Morgan fingerprint density at radius 2 is 1.57 bits per heavy atom. The molecule has 0 aromatic heterocycles. The lowest BCUT2D eigenvalue weighted by molar-refractivity contribution is -0.148. The van der Waals surface area contributed by atoms with Crippen LogP contribution >= 0.6 is 0 Å². The molecule has 0 radical (unpaired) electrons. The van der Waals surface area contributed by atoms with Crippen molar-refractivity contribution >= 4 is 17.7 Å². The second-order valence-electron chi connectivity index (χ2n) is 5.13. The molecule has 6 heteroatoms. The van der Waals surface area contributed by atoms with Crippen LogP contribution in [0.5, 0.6) is 0 Å². The molecule has 0 atom stereocenters. The van der Waals surface area contributed by atoms with E-state index in [2.05, 4.69) is 5.32 Å². The molecule has 1 heterocycles. The fourth-order valence-corrected chi connectivity index (χ4v) is 1.95. The number of piperazine rings is 1. The molecule has 1 aliphatic rings. The van der Waals surface area contributed by atoms with Gasteiger partial charge in [0.1, 0.15) is 0 Å². The Labute approximate surface area is 125 Å². The molecule has 0 spiro atoms. The lowest BCUT2D eigenvalue weighted by atomic mass is 10.2. The highest BCUT2D eigenvalue weighted by Crippen LogP contribution is 2.03. The molecule has 1 N–H and O–H groups in total. The Hall–Kier alpha value is -2.11. The van der Waals surface area contributed by atoms with Crippen LogP contribution < -0.4 is 5.32 Å². The van der Waals surface area contributed by atoms with Gasteiger partial charge in [-0.25, -0.2) is 0 Å². The van der Waals surface area contributed by atoms with Gasteiger partial charge in [-0.3, -0.25) is 14.4 Å². The number of hydrogen-bond acceptors (Lipinski definition) is 3. The van der Waals surface area contributed by atoms with E-state index >= 15 is 0 Å². The van der Waals surface area contributed by atoms with E-state index in [9.17, 15) is 14.4 Å². The number of nitrogens with zero attached hydrogens (tertiary/aromatic N) is 2. The quantitative estimate of drug-likeness (QED) is 0.463. The number of rotatable bonds is 3. The van der Waals surface area contributed by atoms with Gasteiger partial charge in [0.15, 0.2) is 0 Å². The van der Waals surface area contributed by atoms with Crippen molar-refractivity contribution in [2.24, 2.45) is 0 Å². The van der Waals surface area contributed by atoms with Crippen LogP contribution in [-0.4, -0.2) is 59.7 Å². The number of carbonyl (C=O) groups excluding carboxylic acids is 3. The molecule has 116 valence electrons. The first kappa shape index (κ1) is 16.9. The summed E-state index contributed by atoms with van der Waals surface area (Å²) in [5, 5.41) is 2.58. The summed E-state index contributed by atoms with van der Waals surface area (Å²) in [7, 11) is 0. The first-order valence-corrected chi connectivity index (χ1v) is 7.13. The van der Waals surface area contributed by atoms with Gasteiger partial charge in [0.2, 0.25) is 5.91 Å². The third kappa shape index (κ3) is 5.41. The van der Waals surface area contributed by atoms with E-state index in [0.29, 0.717) is 26.2 Å². The van der Waals surface area contributed by atoms with Crippen LogP contribution in [0, 0.1) is 0 Å². The third-order valence-electron chi connectivity index (χ3n) is 3.03. The minimum absolute atomic E-state index is 0.0684. The molecule has 0 aliphatic carbocycles. The molecule has 1 aliphatic heterocycles. The number of hydrogen-bond donors (Lipinski definition) is 1. The fourth-order valence-electron chi connectivity index (χ4n) is 1.95. The third-order valence-corrected chi connectivity index (χ3v) is 3.03. The zero-order valence-electron chi connectivity index (χ0n) is 12.8. The van der Waals surface area contributed by atoms with Crippen molar-refractivity contribution in [1.29, 1.82) is 0 Å². The van der Waals surface area contributed by atoms with Gasteiger partial charge < -0.3 is 15.1 Å². The fraction of sp³-hybridized carbons (Fsp3) is 0.533. The second-order valence-corrected chi connectivity index (χ2v) is 5.13. The van der Waals surface area contributed by atoms with Crippen molar-refractivity contribution in [2.75, 3.05) is 26.2 Å². The normalized spacial score (nSPS) is 16.0. The summed E-state index contributed by atoms with van der Waals surface area (Å²) in [5.41, 5.74) is 0. The van der Waals surface area contributed by atoms with Gasteiger partial charge in [0.05, 0.1) is 0 Å². The van der Waals surface area contributed by atoms with Crippen molar-refractivity contribution < 1.29 is 14.4 Å². The minimum Gasteiger partial charge on any atom is -0.346 e. The molecule has 0 bridgehead atoms. The molecule has 21 heavy (non-hydrogen) atoms. The summed E-state index contributed by atoms with van der Waals surface area (Å²) >= 11 is 0. The highest BCUT2D eigenvalue weighted by atomic mass is 16.2. The molecular weight excluding hydrogens is 270 g/mol. The van der Waals surface area contributed by atoms with Crippen LogP contribution in [0.25, 0.3) is 0 Å². The van der Waals surface area contributed by atoms with Crippen LogP contribution in [0.15, 0.2) is 24.3 Å². The number of nitrogens with one attached hydrogen (secondary N) is 1. The zero-order chi connectivity index (χ0) is 15.8. The standard InChI is InChI=1S/C15H23N3O3/c1-4-5-6-7-13(19)17-8-10-18(11-9-17)15(21)14(20)16-12(2)3/h4-7,12H,8-11H2,1-3H3,(H,16,20)/b5-4+,7-6+. The van der Waals surface area contributed by atoms with Gasteiger partial charge in [-0.05, 0) is 20.8 Å². The van der Waals surface area contributed by atoms with Gasteiger partial charge in [-0.1, -0.05) is 18.2 Å². The lowest BCUT2D eigenvalue weighted by Gasteiger charge is -2.33. The Balaban J connectivity index is 2.46. The average molecular weight is 293 g/mol. The topological polar surface area (TPSA) is 69.7 Å². The first-order valence-electron chi connectivity index (χ1n) is 7.13. The van der Waals surface area contributed by atoms with Gasteiger partial charge >= 0.3 is 11.8 Å². The number of amides is 3. The van der Waals surface area contributed by atoms with E-state index in [1.54, 1.807) is 30.9 Å². The number of allylic oxidation sites excluding steroid dienone is 3. The van der Waals surface area contributed by atoms with E-state index in [4.69, 9.17) is 0 Å². The largest absolute Gasteiger partial charge is 0.346 e. The minimum atomic E-state index is -0.585. The maximum Gasteiger partial charge on any atom is 0.312 e. The van der Waals surface area contributed by atoms with E-state index in [-0.39, 0.29) is 11.9 Å². The average Bonchev–Trinajstić information content (AvgIpc) is 2.46. The summed E-state index contributed by atoms with van der Waals surface area (Å²) in [6, 6.07) is -0.0684. The van der Waals surface area contributed by atoms with Crippen LogP contribution in [-0.2, 0) is 14.4 Å². The van der Waals surface area contributed by atoms with E-state index in [1.165, 1.54) is 11.0 Å². The van der Waals surface area contributed by atoms with Crippen molar-refractivity contribution in [1.82, 2.24) is 15.1 Å². The molecular formula is C15H23N3O3. The van der Waals surface area contributed by atoms with E-state index < -0.39 is 11.8 Å². The summed E-state index contributed by atoms with van der Waals surface area (Å²) in [5.74, 6) is -1.19. The Kier molecular flexibility index (Phi) is 6.65. The van der Waals surface area contributed by atoms with Gasteiger partial charge in [0, 0.05) is 38.3 Å². The number of carbonyl (C=O) groups is 3. The van der Waals surface area contributed by atoms with Crippen molar-refractivity contribution in [3.05, 3.63) is 24.3 Å². The van der Waals surface area contributed by atoms with Gasteiger partial charge in [-0.15, -0.1) is 0 Å². The van der Waals surface area contributed by atoms with Gasteiger partial charge in [0.25, 0.3) is 0 Å². The van der Waals surface area contributed by atoms with Crippen LogP contribution in [0.2, 0.25) is 0 Å². The predicted octanol–water partition coefficient (Wildman–Crippen LogP) is 0.314. The molecule has 0 saturated carbocycles. The summed E-state index contributed by atoms with van der Waals surface area (Å²) in [6.07, 6.45) is 6.82. The summed E-state index contributed by atoms with van der Waals surface area (Å²) in [4.78, 5) is 38.6. The molecule has 1 saturated heterocycles. The van der Waals surface area contributed by atoms with Crippen molar-refractivity contribution in [3.63, 3.8) is 0 Å². The zero-order valence-corrected chi connectivity index (χ0v) is 12.8. The highest BCUT2D eigenvalue weighted by molar-refractivity contribution is 6.35. The highest BCUT2D eigenvalue weighted by Gasteiger charge is 2.27. The molecule has 1 rings (SSSR count). The summed E-state index contributed by atoms with van der Waals surface area (Å²) in [6.45, 7) is 7.14. The lowest BCUT2D eigenvalue weighted by Crippen LogP contribution is -2.54. The van der Waals surface area contributed by atoms with Crippen LogP contribution in [0.4, 0.5) is 0 Å². The SMILES string of the molecule is C/C=C/C=C/C(=O)N1CCN(C(=O)C(=O)NC(C)C)CC1. The monoisotopic (exact) mass is 293 g/mol. The smallest absolute Gasteiger partial charge is 0.312 e. The maximum atomic E-state index is 11.9. The Bertz CT molecular complexity index is 447. The molecule has 0 unspecified atom stereocenters. The van der Waals surface area contributed by atoms with Crippen molar-refractivity contribution in [3.8, 4) is 0 Å². The first-order chi connectivity index (χ1) is 9.95. The van der Waals surface area contributed by atoms with Crippen LogP contribution in [0.3, 0.4) is 0 Å². The van der Waals surface area contributed by atoms with Crippen LogP contribution in [0.1, 0.15) is 20.8 Å². The van der Waals surface area contributed by atoms with Crippen molar-refractivity contribution in [2.45, 2.75) is 26.8 Å². The molecule has 3 amide bonds. The summed E-state index contributed by atoms with van der Waals surface area (Å²) < 4.78 is 0. The predicted molar refractivity (Wildman–Crippen MR) is 80.4 cm³/mol. The molecule has 0 aromatic carbocycles. The Morgan fingerprint density at radius 3 is 2.10 bits per heavy atom. The molecule has 6 nitrogen and oxygen atoms in total. The second kappa shape index (κ2) is 8.24.